The lowest BCUT2D eigenvalue weighted by atomic mass is 10.3. The molecule has 0 unspecified atom stereocenters. The average Bonchev–Trinajstić information content (AvgIpc) is 2.74. The van der Waals surface area contributed by atoms with Crippen LogP contribution in [0.3, 0.4) is 0 Å². The second-order valence-electron chi connectivity index (χ2n) is 3.95. The molecule has 0 fully saturated rings. The maximum Gasteiger partial charge on any atom is 0.327 e. The second kappa shape index (κ2) is 3.45. The van der Waals surface area contributed by atoms with Crippen LogP contribution in [0.4, 0.5) is 0 Å². The van der Waals surface area contributed by atoms with Crippen LogP contribution < -0.4 is 11.2 Å². The van der Waals surface area contributed by atoms with E-state index >= 15 is 0 Å². The molecule has 0 saturated heterocycles. The van der Waals surface area contributed by atoms with Crippen molar-refractivity contribution >= 4 is 42.9 Å². The minimum absolute atomic E-state index is 0.256. The van der Waals surface area contributed by atoms with E-state index in [1.165, 1.54) is 11.3 Å². The quantitative estimate of drug-likeness (QED) is 0.491. The molecule has 0 aromatic carbocycles. The molecule has 0 aliphatic rings. The summed E-state index contributed by atoms with van der Waals surface area (Å²) in [6.45, 7) is 0. The molecule has 0 saturated carbocycles. The van der Waals surface area contributed by atoms with Crippen molar-refractivity contribution < 1.29 is 0 Å². The molecule has 7 nitrogen and oxygen atoms in total. The molecule has 19 heavy (non-hydrogen) atoms. The monoisotopic (exact) mass is 271 g/mol. The fraction of sp³-hybridized carbons (Fsp3) is 0. The van der Waals surface area contributed by atoms with E-state index in [9.17, 15) is 9.59 Å². The van der Waals surface area contributed by atoms with Crippen molar-refractivity contribution in [2.45, 2.75) is 0 Å². The predicted octanol–water partition coefficient (Wildman–Crippen LogP) is 0.769. The van der Waals surface area contributed by atoms with Gasteiger partial charge in [-0.25, -0.2) is 19.7 Å². The highest BCUT2D eigenvalue weighted by atomic mass is 32.1. The van der Waals surface area contributed by atoms with Gasteiger partial charge < -0.3 is 0 Å². The van der Waals surface area contributed by atoms with Crippen molar-refractivity contribution in [1.29, 1.82) is 0 Å². The summed E-state index contributed by atoms with van der Waals surface area (Å²) in [6, 6.07) is 1.69. The number of H-pyrrole nitrogens is 2. The Balaban J connectivity index is 2.31. The van der Waals surface area contributed by atoms with E-state index in [0.29, 0.717) is 16.4 Å². The summed E-state index contributed by atoms with van der Waals surface area (Å²) in [7, 11) is 0. The molecule has 4 rings (SSSR count). The summed E-state index contributed by atoms with van der Waals surface area (Å²) in [5, 5.41) is 0.346. The smallest absolute Gasteiger partial charge is 0.291 e. The number of fused-ring (bicyclic) bond motifs is 4. The number of pyridine rings is 1. The topological polar surface area (TPSA) is 104 Å². The fourth-order valence-corrected chi connectivity index (χ4v) is 2.97. The Labute approximate surface area is 108 Å². The van der Waals surface area contributed by atoms with Crippen molar-refractivity contribution in [1.82, 2.24) is 24.9 Å². The van der Waals surface area contributed by atoms with Gasteiger partial charge in [-0.3, -0.25) is 14.8 Å². The van der Waals surface area contributed by atoms with Gasteiger partial charge in [-0.2, -0.15) is 0 Å². The number of nitrogens with one attached hydrogen (secondary N) is 2. The van der Waals surface area contributed by atoms with Gasteiger partial charge in [-0.15, -0.1) is 11.3 Å². The van der Waals surface area contributed by atoms with Crippen LogP contribution in [0.1, 0.15) is 0 Å². The molecule has 8 heteroatoms. The number of aromatic nitrogens is 5. The molecule has 0 aliphatic heterocycles. The number of hydrogen-bond acceptors (Lipinski definition) is 6. The van der Waals surface area contributed by atoms with Gasteiger partial charge in [0.2, 0.25) is 0 Å². The summed E-state index contributed by atoms with van der Waals surface area (Å²) < 4.78 is 0.811. The molecule has 0 aliphatic carbocycles. The Morgan fingerprint density at radius 3 is 2.79 bits per heavy atom. The Hall–Kier alpha value is -2.61. The maximum atomic E-state index is 11.7. The molecule has 92 valence electrons. The Morgan fingerprint density at radius 1 is 1.05 bits per heavy atom. The van der Waals surface area contributed by atoms with Crippen molar-refractivity contribution in [3.05, 3.63) is 39.3 Å². The van der Waals surface area contributed by atoms with Gasteiger partial charge >= 0.3 is 5.69 Å². The minimum atomic E-state index is -0.574. The molecule has 0 amide bonds. The minimum Gasteiger partial charge on any atom is -0.291 e. The standard InChI is InChI=1S/C11H5N5O2S/c17-9-4-3-5-6(14-8(4)15-11(18)16-9)7-10(19-5)13-2-1-12-7/h1-3H,(H2,14,15,16,17,18). The van der Waals surface area contributed by atoms with Gasteiger partial charge in [0.25, 0.3) is 5.56 Å². The first kappa shape index (κ1) is 10.3. The predicted molar refractivity (Wildman–Crippen MR) is 71.5 cm³/mol. The number of nitrogens with zero attached hydrogens (tertiary/aromatic N) is 3. The molecular weight excluding hydrogens is 266 g/mol. The Bertz CT molecular complexity index is 1060. The van der Waals surface area contributed by atoms with Crippen LogP contribution in [0.2, 0.25) is 0 Å². The number of aromatic amines is 2. The lowest BCUT2D eigenvalue weighted by molar-refractivity contribution is 1.07. The van der Waals surface area contributed by atoms with Gasteiger partial charge in [-0.1, -0.05) is 0 Å². The normalized spacial score (nSPS) is 11.6. The second-order valence-corrected chi connectivity index (χ2v) is 4.98. The highest BCUT2D eigenvalue weighted by molar-refractivity contribution is 7.25. The van der Waals surface area contributed by atoms with Gasteiger partial charge in [0.15, 0.2) is 0 Å². The van der Waals surface area contributed by atoms with Crippen molar-refractivity contribution in [3.63, 3.8) is 0 Å². The third kappa shape index (κ3) is 1.40. The van der Waals surface area contributed by atoms with E-state index in [1.54, 1.807) is 18.5 Å². The van der Waals surface area contributed by atoms with E-state index in [0.717, 1.165) is 9.53 Å². The summed E-state index contributed by atoms with van der Waals surface area (Å²) in [5.41, 5.74) is 0.542. The first-order valence-electron chi connectivity index (χ1n) is 5.39. The van der Waals surface area contributed by atoms with Crippen LogP contribution in [0, 0.1) is 0 Å². The third-order valence-corrected chi connectivity index (χ3v) is 3.81. The highest BCUT2D eigenvalue weighted by Gasteiger charge is 2.11. The summed E-state index contributed by atoms with van der Waals surface area (Å²) >= 11 is 1.41. The molecule has 0 atom stereocenters. The molecule has 4 aromatic rings. The van der Waals surface area contributed by atoms with Crippen LogP contribution >= 0.6 is 11.3 Å². The fourth-order valence-electron chi connectivity index (χ4n) is 1.99. The zero-order valence-corrected chi connectivity index (χ0v) is 10.1. The molecule has 4 aromatic heterocycles. The Morgan fingerprint density at radius 2 is 1.89 bits per heavy atom. The van der Waals surface area contributed by atoms with Crippen LogP contribution in [0.5, 0.6) is 0 Å². The third-order valence-electron chi connectivity index (χ3n) is 2.79. The van der Waals surface area contributed by atoms with Crippen molar-refractivity contribution in [2.75, 3.05) is 0 Å². The SMILES string of the molecule is O=c1[nH]c(=O)c2cc3sc4nccnc4c3nc2[nH]1. The van der Waals surface area contributed by atoms with Crippen LogP contribution in [-0.4, -0.2) is 24.9 Å². The molecule has 2 N–H and O–H groups in total. The molecule has 0 bridgehead atoms. The van der Waals surface area contributed by atoms with Crippen LogP contribution in [-0.2, 0) is 0 Å². The number of rotatable bonds is 0. The molecule has 4 heterocycles. The van der Waals surface area contributed by atoms with E-state index in [1.807, 2.05) is 0 Å². The van der Waals surface area contributed by atoms with Crippen molar-refractivity contribution in [3.8, 4) is 0 Å². The van der Waals surface area contributed by atoms with Gasteiger partial charge in [-0.05, 0) is 6.07 Å². The first-order chi connectivity index (χ1) is 9.22. The van der Waals surface area contributed by atoms with E-state index in [4.69, 9.17) is 0 Å². The molecule has 0 spiro atoms. The lowest BCUT2D eigenvalue weighted by Crippen LogP contribution is -2.22. The van der Waals surface area contributed by atoms with E-state index in [2.05, 4.69) is 24.9 Å². The summed E-state index contributed by atoms with van der Waals surface area (Å²) in [6.07, 6.45) is 3.19. The van der Waals surface area contributed by atoms with E-state index < -0.39 is 11.2 Å². The zero-order valence-electron chi connectivity index (χ0n) is 9.30. The highest BCUT2D eigenvalue weighted by Crippen LogP contribution is 2.30. The number of thiophene rings is 1. The zero-order chi connectivity index (χ0) is 13.0. The van der Waals surface area contributed by atoms with Gasteiger partial charge in [0.05, 0.1) is 10.1 Å². The molecular formula is C11H5N5O2S. The lowest BCUT2D eigenvalue weighted by Gasteiger charge is -1.95. The number of hydrogen-bond donors (Lipinski definition) is 2. The average molecular weight is 271 g/mol. The summed E-state index contributed by atoms with van der Waals surface area (Å²) in [4.78, 5) is 41.2. The van der Waals surface area contributed by atoms with Gasteiger partial charge in [0.1, 0.15) is 21.5 Å². The Kier molecular flexibility index (Phi) is 1.88. The first-order valence-corrected chi connectivity index (χ1v) is 6.20. The van der Waals surface area contributed by atoms with Gasteiger partial charge in [0, 0.05) is 12.4 Å². The van der Waals surface area contributed by atoms with Crippen LogP contribution in [0.15, 0.2) is 28.0 Å². The van der Waals surface area contributed by atoms with Crippen LogP contribution in [0.25, 0.3) is 31.6 Å². The maximum absolute atomic E-state index is 11.7. The summed E-state index contributed by atoms with van der Waals surface area (Å²) in [5.74, 6) is 0. The van der Waals surface area contributed by atoms with E-state index in [-0.39, 0.29) is 5.65 Å². The van der Waals surface area contributed by atoms with Crippen molar-refractivity contribution in [2.24, 2.45) is 0 Å². The largest absolute Gasteiger partial charge is 0.327 e. The molecule has 0 radical (unpaired) electrons.